The van der Waals surface area contributed by atoms with Gasteiger partial charge in [-0.3, -0.25) is 0 Å². The molecule has 8 heteroatoms. The lowest BCUT2D eigenvalue weighted by atomic mass is 10.2. The van der Waals surface area contributed by atoms with E-state index in [1.165, 1.54) is 0 Å². The number of halogens is 1. The van der Waals surface area contributed by atoms with Crippen molar-refractivity contribution in [1.29, 1.82) is 0 Å². The van der Waals surface area contributed by atoms with Crippen molar-refractivity contribution in [2.45, 2.75) is 39.7 Å². The molecule has 0 unspecified atom stereocenters. The molecule has 1 aromatic heterocycles. The van der Waals surface area contributed by atoms with Gasteiger partial charge in [0.2, 0.25) is 5.28 Å². The minimum absolute atomic E-state index is 0.149. The Morgan fingerprint density at radius 3 is 2.62 bits per heavy atom. The van der Waals surface area contributed by atoms with Crippen LogP contribution in [0.15, 0.2) is 0 Å². The maximum atomic E-state index is 11.4. The molecule has 1 aromatic rings. The number of carbonyl (C=O) groups excluding carboxylic acids is 1. The van der Waals surface area contributed by atoms with Gasteiger partial charge in [0.1, 0.15) is 5.60 Å². The lowest BCUT2D eigenvalue weighted by Gasteiger charge is -2.19. The monoisotopic (exact) mass is 315 g/mol. The Morgan fingerprint density at radius 1 is 1.33 bits per heavy atom. The Morgan fingerprint density at radius 2 is 2.00 bits per heavy atom. The summed E-state index contributed by atoms with van der Waals surface area (Å²) in [7, 11) is 0. The highest BCUT2D eigenvalue weighted by Crippen LogP contribution is 2.20. The van der Waals surface area contributed by atoms with Crippen LogP contribution < -0.4 is 16.4 Å². The van der Waals surface area contributed by atoms with Gasteiger partial charge in [0.25, 0.3) is 0 Å². The molecule has 0 aliphatic rings. The number of nitrogens with two attached hydrogens (primary N) is 1. The Hall–Kier alpha value is -1.76. The molecule has 0 atom stereocenters. The molecule has 1 rings (SSSR count). The van der Waals surface area contributed by atoms with Gasteiger partial charge in [0.05, 0.1) is 11.4 Å². The third-order valence-electron chi connectivity index (χ3n) is 2.42. The van der Waals surface area contributed by atoms with Crippen LogP contribution >= 0.6 is 11.6 Å². The normalized spacial score (nSPS) is 11.1. The van der Waals surface area contributed by atoms with E-state index in [2.05, 4.69) is 20.6 Å². The molecule has 21 heavy (non-hydrogen) atoms. The van der Waals surface area contributed by atoms with E-state index in [4.69, 9.17) is 22.1 Å². The van der Waals surface area contributed by atoms with E-state index >= 15 is 0 Å². The molecule has 0 radical (unpaired) electrons. The highest BCUT2D eigenvalue weighted by atomic mass is 35.5. The maximum Gasteiger partial charge on any atom is 0.407 e. The number of nitrogens with one attached hydrogen (secondary N) is 2. The van der Waals surface area contributed by atoms with E-state index < -0.39 is 11.7 Å². The standard InChI is InChI=1S/C13H22ClN5O2/c1-8-9(15)10(19-11(14)18-8)16-6-5-7-17-12(20)21-13(2,3)4/h5-7,15H2,1-4H3,(H,17,20)(H,16,18,19). The zero-order valence-corrected chi connectivity index (χ0v) is 13.5. The summed E-state index contributed by atoms with van der Waals surface area (Å²) in [5.74, 6) is 0.504. The van der Waals surface area contributed by atoms with E-state index in [0.717, 1.165) is 0 Å². The zero-order valence-electron chi connectivity index (χ0n) is 12.8. The highest BCUT2D eigenvalue weighted by molar-refractivity contribution is 6.28. The second-order valence-electron chi connectivity index (χ2n) is 5.55. The van der Waals surface area contributed by atoms with Crippen LogP contribution in [0.2, 0.25) is 5.28 Å². The van der Waals surface area contributed by atoms with E-state index in [9.17, 15) is 4.79 Å². The number of nitrogens with zero attached hydrogens (tertiary/aromatic N) is 2. The summed E-state index contributed by atoms with van der Waals surface area (Å²) in [6.07, 6.45) is 0.266. The number of hydrogen-bond acceptors (Lipinski definition) is 6. The van der Waals surface area contributed by atoms with Gasteiger partial charge in [-0.05, 0) is 45.7 Å². The number of carbonyl (C=O) groups is 1. The summed E-state index contributed by atoms with van der Waals surface area (Å²) < 4.78 is 5.12. The van der Waals surface area contributed by atoms with Crippen LogP contribution in [0.5, 0.6) is 0 Å². The first kappa shape index (κ1) is 17.3. The van der Waals surface area contributed by atoms with Crippen molar-refractivity contribution in [3.05, 3.63) is 11.0 Å². The molecule has 0 aliphatic heterocycles. The van der Waals surface area contributed by atoms with Gasteiger partial charge in [-0.25, -0.2) is 9.78 Å². The van der Waals surface area contributed by atoms with Crippen molar-refractivity contribution in [3.63, 3.8) is 0 Å². The van der Waals surface area contributed by atoms with Gasteiger partial charge in [0.15, 0.2) is 5.82 Å². The molecule has 118 valence electrons. The third-order valence-corrected chi connectivity index (χ3v) is 2.59. The number of aryl methyl sites for hydroxylation is 1. The first-order valence-corrected chi connectivity index (χ1v) is 7.07. The zero-order chi connectivity index (χ0) is 16.0. The number of ether oxygens (including phenoxy) is 1. The molecular weight excluding hydrogens is 294 g/mol. The second kappa shape index (κ2) is 7.31. The lowest BCUT2D eigenvalue weighted by molar-refractivity contribution is 0.0528. The average molecular weight is 316 g/mol. The molecule has 1 heterocycles. The number of rotatable bonds is 5. The maximum absolute atomic E-state index is 11.4. The molecule has 0 saturated heterocycles. The summed E-state index contributed by atoms with van der Waals surface area (Å²) in [5, 5.41) is 5.88. The van der Waals surface area contributed by atoms with E-state index in [-0.39, 0.29) is 5.28 Å². The van der Waals surface area contributed by atoms with E-state index in [1.54, 1.807) is 6.92 Å². The Bertz CT molecular complexity index is 502. The number of alkyl carbamates (subject to hydrolysis) is 1. The van der Waals surface area contributed by atoms with Crippen molar-refractivity contribution < 1.29 is 9.53 Å². The Kier molecular flexibility index (Phi) is 6.02. The van der Waals surface area contributed by atoms with Crippen LogP contribution in [0.25, 0.3) is 0 Å². The molecule has 0 aliphatic carbocycles. The van der Waals surface area contributed by atoms with Crippen LogP contribution in [0.1, 0.15) is 32.9 Å². The molecule has 4 N–H and O–H groups in total. The molecule has 7 nitrogen and oxygen atoms in total. The Labute approximate surface area is 129 Å². The fourth-order valence-corrected chi connectivity index (χ4v) is 1.69. The molecular formula is C13H22ClN5O2. The molecule has 1 amide bonds. The largest absolute Gasteiger partial charge is 0.444 e. The van der Waals surface area contributed by atoms with Crippen LogP contribution in [-0.4, -0.2) is 34.8 Å². The minimum atomic E-state index is -0.494. The van der Waals surface area contributed by atoms with E-state index in [0.29, 0.717) is 36.7 Å². The van der Waals surface area contributed by atoms with E-state index in [1.807, 2.05) is 20.8 Å². The van der Waals surface area contributed by atoms with Gasteiger partial charge in [-0.15, -0.1) is 0 Å². The van der Waals surface area contributed by atoms with Gasteiger partial charge < -0.3 is 21.1 Å². The molecule has 0 spiro atoms. The number of amides is 1. The Balaban J connectivity index is 2.31. The predicted octanol–water partition coefficient (Wildman–Crippen LogP) is 2.35. The minimum Gasteiger partial charge on any atom is -0.444 e. The molecule has 0 fully saturated rings. The molecule has 0 bridgehead atoms. The predicted molar refractivity (Wildman–Crippen MR) is 83.5 cm³/mol. The molecule has 0 aromatic carbocycles. The summed E-state index contributed by atoms with van der Waals surface area (Å²) in [4.78, 5) is 19.4. The van der Waals surface area contributed by atoms with Crippen molar-refractivity contribution in [2.24, 2.45) is 0 Å². The van der Waals surface area contributed by atoms with Crippen molar-refractivity contribution in [1.82, 2.24) is 15.3 Å². The number of aromatic nitrogens is 2. The fraction of sp³-hybridized carbons (Fsp3) is 0.615. The molecule has 0 saturated carbocycles. The number of anilines is 2. The summed E-state index contributed by atoms with van der Waals surface area (Å²) in [6.45, 7) is 8.29. The summed E-state index contributed by atoms with van der Waals surface area (Å²) in [5.41, 5.74) is 6.45. The van der Waals surface area contributed by atoms with Crippen LogP contribution in [0.3, 0.4) is 0 Å². The van der Waals surface area contributed by atoms with Crippen LogP contribution in [-0.2, 0) is 4.74 Å². The highest BCUT2D eigenvalue weighted by Gasteiger charge is 2.15. The lowest BCUT2D eigenvalue weighted by Crippen LogP contribution is -2.33. The quantitative estimate of drug-likeness (QED) is 0.569. The average Bonchev–Trinajstić information content (AvgIpc) is 2.32. The first-order valence-electron chi connectivity index (χ1n) is 6.69. The van der Waals surface area contributed by atoms with Crippen molar-refractivity contribution >= 4 is 29.2 Å². The summed E-state index contributed by atoms with van der Waals surface area (Å²) >= 11 is 5.77. The number of nitrogen functional groups attached to an aromatic ring is 1. The van der Waals surface area contributed by atoms with Gasteiger partial charge in [0, 0.05) is 13.1 Å². The van der Waals surface area contributed by atoms with Crippen LogP contribution in [0.4, 0.5) is 16.3 Å². The summed E-state index contributed by atoms with van der Waals surface area (Å²) in [6, 6.07) is 0. The first-order chi connectivity index (χ1) is 9.69. The smallest absolute Gasteiger partial charge is 0.407 e. The topological polar surface area (TPSA) is 102 Å². The third kappa shape index (κ3) is 6.48. The van der Waals surface area contributed by atoms with Crippen molar-refractivity contribution in [3.8, 4) is 0 Å². The van der Waals surface area contributed by atoms with Gasteiger partial charge >= 0.3 is 6.09 Å². The van der Waals surface area contributed by atoms with Gasteiger partial charge in [-0.1, -0.05) is 0 Å². The SMILES string of the molecule is Cc1nc(Cl)nc(NCCCNC(=O)OC(C)(C)C)c1N. The van der Waals surface area contributed by atoms with Gasteiger partial charge in [-0.2, -0.15) is 4.98 Å². The van der Waals surface area contributed by atoms with Crippen LogP contribution in [0, 0.1) is 6.92 Å². The van der Waals surface area contributed by atoms with Crippen molar-refractivity contribution in [2.75, 3.05) is 24.1 Å². The second-order valence-corrected chi connectivity index (χ2v) is 5.89. The number of hydrogen-bond donors (Lipinski definition) is 3. The fourth-order valence-electron chi connectivity index (χ4n) is 1.48.